The minimum Gasteiger partial charge on any atom is -0.0991 e. The van der Waals surface area contributed by atoms with Gasteiger partial charge in [-0.3, -0.25) is 0 Å². The first kappa shape index (κ1) is 12.4. The molecule has 0 aliphatic heterocycles. The molecule has 0 saturated heterocycles. The van der Waals surface area contributed by atoms with Gasteiger partial charge in [0.1, 0.15) is 0 Å². The minimum absolute atomic E-state index is 1.23. The van der Waals surface area contributed by atoms with Crippen LogP contribution in [0.4, 0.5) is 0 Å². The maximum Gasteiger partial charge on any atom is -0.0398 e. The van der Waals surface area contributed by atoms with Crippen molar-refractivity contribution in [3.63, 3.8) is 0 Å². The van der Waals surface area contributed by atoms with Crippen molar-refractivity contribution in [1.82, 2.24) is 0 Å². The fourth-order valence-corrected chi connectivity index (χ4v) is 0.788. The summed E-state index contributed by atoms with van der Waals surface area (Å²) < 4.78 is 0. The van der Waals surface area contributed by atoms with Gasteiger partial charge in [-0.05, 0) is 13.8 Å². The van der Waals surface area contributed by atoms with Crippen LogP contribution < -0.4 is 0 Å². The maximum atomic E-state index is 3.59. The summed E-state index contributed by atoms with van der Waals surface area (Å²) >= 11 is 0. The molecule has 0 bridgehead atoms. The Morgan fingerprint density at radius 3 is 2.29 bits per heavy atom. The van der Waals surface area contributed by atoms with Gasteiger partial charge in [0.15, 0.2) is 0 Å². The standard InChI is InChI=1S/C14H18/c1-4-6-8-9-11-13-14(3)12-10-7-5-2/h4-13H,1H2,2-3H3/b7-5-,8-6+,11-9+,12-10-,14-13-. The highest BCUT2D eigenvalue weighted by Crippen LogP contribution is 1.95. The summed E-state index contributed by atoms with van der Waals surface area (Å²) in [6, 6.07) is 0. The fourth-order valence-electron chi connectivity index (χ4n) is 0.788. The van der Waals surface area contributed by atoms with Gasteiger partial charge in [0.05, 0.1) is 0 Å². The van der Waals surface area contributed by atoms with Crippen LogP contribution in [-0.2, 0) is 0 Å². The van der Waals surface area contributed by atoms with Crippen LogP contribution >= 0.6 is 0 Å². The van der Waals surface area contributed by atoms with E-state index < -0.39 is 0 Å². The highest BCUT2D eigenvalue weighted by molar-refractivity contribution is 5.25. The number of hydrogen-bond donors (Lipinski definition) is 0. The van der Waals surface area contributed by atoms with E-state index in [1.54, 1.807) is 6.08 Å². The van der Waals surface area contributed by atoms with Crippen LogP contribution in [0.2, 0.25) is 0 Å². The van der Waals surface area contributed by atoms with Crippen LogP contribution in [0.25, 0.3) is 0 Å². The summed E-state index contributed by atoms with van der Waals surface area (Å²) in [6.07, 6.45) is 19.8. The molecule has 0 aliphatic rings. The summed E-state index contributed by atoms with van der Waals surface area (Å²) in [5.41, 5.74) is 1.23. The lowest BCUT2D eigenvalue weighted by Gasteiger charge is -1.85. The molecule has 0 spiro atoms. The summed E-state index contributed by atoms with van der Waals surface area (Å²) in [6.45, 7) is 7.66. The zero-order valence-electron chi connectivity index (χ0n) is 8.98. The van der Waals surface area contributed by atoms with Gasteiger partial charge in [-0.15, -0.1) is 0 Å². The Kier molecular flexibility index (Phi) is 8.47. The van der Waals surface area contributed by atoms with Gasteiger partial charge < -0.3 is 0 Å². The summed E-state index contributed by atoms with van der Waals surface area (Å²) in [5, 5.41) is 0. The molecule has 0 N–H and O–H groups in total. The van der Waals surface area contributed by atoms with Gasteiger partial charge in [-0.25, -0.2) is 0 Å². The molecular weight excluding hydrogens is 168 g/mol. The Balaban J connectivity index is 4.04. The summed E-state index contributed by atoms with van der Waals surface area (Å²) in [7, 11) is 0. The molecule has 0 aromatic carbocycles. The van der Waals surface area contributed by atoms with Gasteiger partial charge in [0, 0.05) is 0 Å². The van der Waals surface area contributed by atoms with Gasteiger partial charge >= 0.3 is 0 Å². The topological polar surface area (TPSA) is 0 Å². The molecule has 0 amide bonds. The number of rotatable bonds is 5. The Bertz CT molecular complexity index is 283. The Labute approximate surface area is 87.3 Å². The van der Waals surface area contributed by atoms with Crippen LogP contribution in [-0.4, -0.2) is 0 Å². The van der Waals surface area contributed by atoms with Gasteiger partial charge in [0.2, 0.25) is 0 Å². The lowest BCUT2D eigenvalue weighted by Crippen LogP contribution is -1.64. The monoisotopic (exact) mass is 186 g/mol. The highest BCUT2D eigenvalue weighted by Gasteiger charge is 1.74. The second kappa shape index (κ2) is 9.53. The molecule has 0 fully saturated rings. The van der Waals surface area contributed by atoms with Crippen molar-refractivity contribution >= 4 is 0 Å². The average molecular weight is 186 g/mol. The van der Waals surface area contributed by atoms with Gasteiger partial charge in [0.25, 0.3) is 0 Å². The molecule has 0 saturated carbocycles. The van der Waals surface area contributed by atoms with Gasteiger partial charge in [-0.2, -0.15) is 0 Å². The third-order valence-electron chi connectivity index (χ3n) is 1.49. The maximum absolute atomic E-state index is 3.59. The molecule has 0 atom stereocenters. The van der Waals surface area contributed by atoms with E-state index in [1.807, 2.05) is 49.5 Å². The summed E-state index contributed by atoms with van der Waals surface area (Å²) in [4.78, 5) is 0. The molecule has 0 nitrogen and oxygen atoms in total. The predicted octanol–water partition coefficient (Wildman–Crippen LogP) is 4.36. The third-order valence-corrected chi connectivity index (χ3v) is 1.49. The van der Waals surface area contributed by atoms with E-state index in [1.165, 1.54) is 5.57 Å². The molecule has 0 heteroatoms. The zero-order chi connectivity index (χ0) is 10.6. The van der Waals surface area contributed by atoms with Crippen LogP contribution in [0.15, 0.2) is 72.9 Å². The van der Waals surface area contributed by atoms with E-state index >= 15 is 0 Å². The molecule has 0 heterocycles. The molecule has 0 aromatic rings. The molecule has 0 radical (unpaired) electrons. The van der Waals surface area contributed by atoms with Crippen molar-refractivity contribution in [3.05, 3.63) is 72.9 Å². The third kappa shape index (κ3) is 8.54. The van der Waals surface area contributed by atoms with Crippen molar-refractivity contribution in [2.24, 2.45) is 0 Å². The first-order chi connectivity index (χ1) is 6.81. The van der Waals surface area contributed by atoms with Crippen molar-refractivity contribution in [2.45, 2.75) is 13.8 Å². The smallest absolute Gasteiger partial charge is 0.0398 e. The van der Waals surface area contributed by atoms with Gasteiger partial charge in [-0.1, -0.05) is 72.9 Å². The van der Waals surface area contributed by atoms with Crippen molar-refractivity contribution in [2.75, 3.05) is 0 Å². The molecule has 14 heavy (non-hydrogen) atoms. The number of hydrogen-bond acceptors (Lipinski definition) is 0. The zero-order valence-corrected chi connectivity index (χ0v) is 8.98. The molecule has 0 aliphatic carbocycles. The van der Waals surface area contributed by atoms with Crippen LogP contribution in [0.5, 0.6) is 0 Å². The largest absolute Gasteiger partial charge is 0.0991 e. The van der Waals surface area contributed by atoms with E-state index in [0.717, 1.165) is 0 Å². The minimum atomic E-state index is 1.23. The number of allylic oxidation sites excluding steroid dienone is 11. The predicted molar refractivity (Wildman–Crippen MR) is 66.2 cm³/mol. The molecule has 0 unspecified atom stereocenters. The Morgan fingerprint density at radius 2 is 1.64 bits per heavy atom. The van der Waals surface area contributed by atoms with Crippen LogP contribution in [0, 0.1) is 0 Å². The van der Waals surface area contributed by atoms with E-state index in [-0.39, 0.29) is 0 Å². The lowest BCUT2D eigenvalue weighted by molar-refractivity contribution is 1.52. The van der Waals surface area contributed by atoms with E-state index in [0.29, 0.717) is 0 Å². The molecule has 0 aromatic heterocycles. The second-order valence-electron chi connectivity index (χ2n) is 2.80. The van der Waals surface area contributed by atoms with E-state index in [4.69, 9.17) is 0 Å². The van der Waals surface area contributed by atoms with Crippen molar-refractivity contribution in [1.29, 1.82) is 0 Å². The normalized spacial score (nSPS) is 14.0. The first-order valence-corrected chi connectivity index (χ1v) is 4.73. The Morgan fingerprint density at radius 1 is 0.929 bits per heavy atom. The van der Waals surface area contributed by atoms with E-state index in [9.17, 15) is 0 Å². The van der Waals surface area contributed by atoms with Crippen LogP contribution in [0.1, 0.15) is 13.8 Å². The lowest BCUT2D eigenvalue weighted by atomic mass is 10.2. The van der Waals surface area contributed by atoms with Crippen LogP contribution in [0.3, 0.4) is 0 Å². The average Bonchev–Trinajstić information content (AvgIpc) is 2.18. The SMILES string of the molecule is C=C/C=C/C=C/C=C(C)\C=C/C=C\C. The molecular formula is C14H18. The summed E-state index contributed by atoms with van der Waals surface area (Å²) in [5.74, 6) is 0. The van der Waals surface area contributed by atoms with Crippen molar-refractivity contribution < 1.29 is 0 Å². The Hall–Kier alpha value is -1.56. The van der Waals surface area contributed by atoms with E-state index in [2.05, 4.69) is 25.7 Å². The highest BCUT2D eigenvalue weighted by atomic mass is 13.8. The second-order valence-corrected chi connectivity index (χ2v) is 2.80. The molecule has 0 rings (SSSR count). The first-order valence-electron chi connectivity index (χ1n) is 4.73. The molecule has 74 valence electrons. The fraction of sp³-hybridized carbons (Fsp3) is 0.143. The quantitative estimate of drug-likeness (QED) is 0.559. The van der Waals surface area contributed by atoms with Crippen molar-refractivity contribution in [3.8, 4) is 0 Å².